The third-order valence-corrected chi connectivity index (χ3v) is 6.30. The normalized spacial score (nSPS) is 16.2. The van der Waals surface area contributed by atoms with Gasteiger partial charge in [-0.15, -0.1) is 0 Å². The zero-order valence-corrected chi connectivity index (χ0v) is 19.9. The van der Waals surface area contributed by atoms with E-state index in [0.29, 0.717) is 36.7 Å². The SMILES string of the molecule is O=C(CCCc1nc(-c2ccccn2)no1)N1CCCCCCN(Cc2ccccc2)CCC1. The molecule has 180 valence electrons. The van der Waals surface area contributed by atoms with Crippen molar-refractivity contribution >= 4 is 5.91 Å². The molecule has 0 atom stereocenters. The summed E-state index contributed by atoms with van der Waals surface area (Å²) in [6.45, 7) is 4.83. The molecular weight excluding hydrogens is 426 g/mol. The maximum absolute atomic E-state index is 13.0. The summed E-state index contributed by atoms with van der Waals surface area (Å²) < 4.78 is 5.36. The lowest BCUT2D eigenvalue weighted by atomic mass is 10.1. The minimum Gasteiger partial charge on any atom is -0.343 e. The first-order valence-corrected chi connectivity index (χ1v) is 12.6. The van der Waals surface area contributed by atoms with Crippen molar-refractivity contribution in [3.63, 3.8) is 0 Å². The number of pyridine rings is 1. The molecule has 1 fully saturated rings. The molecule has 1 amide bonds. The molecule has 1 aliphatic heterocycles. The summed E-state index contributed by atoms with van der Waals surface area (Å²) in [5, 5.41) is 4.01. The van der Waals surface area contributed by atoms with E-state index in [0.717, 1.165) is 45.6 Å². The van der Waals surface area contributed by atoms with Crippen molar-refractivity contribution in [3.05, 3.63) is 66.2 Å². The number of amides is 1. The molecule has 0 spiro atoms. The number of carbonyl (C=O) groups is 1. The molecule has 1 saturated heterocycles. The van der Waals surface area contributed by atoms with Crippen LogP contribution >= 0.6 is 0 Å². The number of aromatic nitrogens is 3. The number of hydrogen-bond acceptors (Lipinski definition) is 6. The van der Waals surface area contributed by atoms with Gasteiger partial charge in [0.05, 0.1) is 0 Å². The van der Waals surface area contributed by atoms with Gasteiger partial charge < -0.3 is 9.42 Å². The second-order valence-corrected chi connectivity index (χ2v) is 8.99. The minimum absolute atomic E-state index is 0.235. The van der Waals surface area contributed by atoms with E-state index in [2.05, 4.69) is 55.3 Å². The molecule has 0 bridgehead atoms. The van der Waals surface area contributed by atoms with Crippen LogP contribution in [0.4, 0.5) is 0 Å². The molecule has 0 aliphatic carbocycles. The largest absolute Gasteiger partial charge is 0.343 e. The number of aryl methyl sites for hydroxylation is 1. The fraction of sp³-hybridized carbons (Fsp3) is 0.481. The van der Waals surface area contributed by atoms with E-state index < -0.39 is 0 Å². The Morgan fingerprint density at radius 3 is 2.47 bits per heavy atom. The summed E-state index contributed by atoms with van der Waals surface area (Å²) in [6, 6.07) is 16.3. The van der Waals surface area contributed by atoms with Crippen LogP contribution in [0, 0.1) is 0 Å². The Balaban J connectivity index is 1.24. The van der Waals surface area contributed by atoms with Gasteiger partial charge in [0.1, 0.15) is 5.69 Å². The maximum atomic E-state index is 13.0. The van der Waals surface area contributed by atoms with Crippen LogP contribution in [0.15, 0.2) is 59.3 Å². The van der Waals surface area contributed by atoms with Crippen molar-refractivity contribution in [1.82, 2.24) is 24.9 Å². The van der Waals surface area contributed by atoms with Crippen LogP contribution in [-0.4, -0.2) is 57.0 Å². The molecule has 34 heavy (non-hydrogen) atoms. The maximum Gasteiger partial charge on any atom is 0.227 e. The molecule has 2 aromatic heterocycles. The molecular formula is C27H35N5O2. The molecule has 1 aliphatic rings. The molecule has 1 aromatic carbocycles. The highest BCUT2D eigenvalue weighted by molar-refractivity contribution is 5.76. The van der Waals surface area contributed by atoms with E-state index in [1.807, 2.05) is 18.2 Å². The van der Waals surface area contributed by atoms with Gasteiger partial charge in [0.15, 0.2) is 0 Å². The van der Waals surface area contributed by atoms with E-state index in [9.17, 15) is 4.79 Å². The minimum atomic E-state index is 0.235. The van der Waals surface area contributed by atoms with Gasteiger partial charge in [0.2, 0.25) is 17.6 Å². The number of carbonyl (C=O) groups excluding carboxylic acids is 1. The van der Waals surface area contributed by atoms with Gasteiger partial charge in [-0.25, -0.2) is 0 Å². The molecule has 7 nitrogen and oxygen atoms in total. The van der Waals surface area contributed by atoms with Crippen molar-refractivity contribution in [2.24, 2.45) is 0 Å². The van der Waals surface area contributed by atoms with Crippen molar-refractivity contribution < 1.29 is 9.32 Å². The Bertz CT molecular complexity index is 993. The summed E-state index contributed by atoms with van der Waals surface area (Å²) in [7, 11) is 0. The summed E-state index contributed by atoms with van der Waals surface area (Å²) in [4.78, 5) is 26.3. The monoisotopic (exact) mass is 461 g/mol. The van der Waals surface area contributed by atoms with Gasteiger partial charge in [0.25, 0.3) is 0 Å². The first kappa shape index (κ1) is 24.1. The first-order valence-electron chi connectivity index (χ1n) is 12.6. The Kier molecular flexibility index (Phi) is 9.20. The van der Waals surface area contributed by atoms with Crippen LogP contribution in [0.5, 0.6) is 0 Å². The van der Waals surface area contributed by atoms with Crippen LogP contribution < -0.4 is 0 Å². The lowest BCUT2D eigenvalue weighted by Crippen LogP contribution is -2.35. The van der Waals surface area contributed by atoms with E-state index >= 15 is 0 Å². The Labute approximate surface area is 202 Å². The van der Waals surface area contributed by atoms with Gasteiger partial charge >= 0.3 is 0 Å². The van der Waals surface area contributed by atoms with E-state index in [1.54, 1.807) is 6.20 Å². The van der Waals surface area contributed by atoms with Gasteiger partial charge in [-0.3, -0.25) is 14.7 Å². The molecule has 0 unspecified atom stereocenters. The summed E-state index contributed by atoms with van der Waals surface area (Å²) >= 11 is 0. The first-order chi connectivity index (χ1) is 16.8. The summed E-state index contributed by atoms with van der Waals surface area (Å²) in [5.41, 5.74) is 2.05. The topological polar surface area (TPSA) is 75.4 Å². The highest BCUT2D eigenvalue weighted by Crippen LogP contribution is 2.15. The van der Waals surface area contributed by atoms with Crippen LogP contribution in [0.3, 0.4) is 0 Å². The highest BCUT2D eigenvalue weighted by atomic mass is 16.5. The summed E-state index contributed by atoms with van der Waals surface area (Å²) in [6.07, 6.45) is 9.26. The zero-order valence-electron chi connectivity index (χ0n) is 19.9. The molecule has 0 saturated carbocycles. The average Bonchev–Trinajstić information content (AvgIpc) is 3.32. The highest BCUT2D eigenvalue weighted by Gasteiger charge is 2.16. The lowest BCUT2D eigenvalue weighted by molar-refractivity contribution is -0.131. The second-order valence-electron chi connectivity index (χ2n) is 8.99. The van der Waals surface area contributed by atoms with Crippen molar-refractivity contribution in [2.45, 2.75) is 57.9 Å². The molecule has 0 radical (unpaired) electrons. The molecule has 4 rings (SSSR count). The summed E-state index contributed by atoms with van der Waals surface area (Å²) in [5.74, 6) is 1.29. The Morgan fingerprint density at radius 1 is 0.882 bits per heavy atom. The number of rotatable bonds is 7. The molecule has 0 N–H and O–H groups in total. The third-order valence-electron chi connectivity index (χ3n) is 6.30. The van der Waals surface area contributed by atoms with Gasteiger partial charge in [-0.05, 0) is 49.9 Å². The van der Waals surface area contributed by atoms with Crippen molar-refractivity contribution in [3.8, 4) is 11.5 Å². The van der Waals surface area contributed by atoms with Crippen molar-refractivity contribution in [2.75, 3.05) is 26.2 Å². The molecule has 3 heterocycles. The predicted molar refractivity (Wildman–Crippen MR) is 132 cm³/mol. The van der Waals surface area contributed by atoms with E-state index in [1.165, 1.54) is 24.8 Å². The number of nitrogens with zero attached hydrogens (tertiary/aromatic N) is 5. The second kappa shape index (κ2) is 13.0. The molecule has 7 heteroatoms. The standard InChI is InChI=1S/C27H35N5O2/c33-26(16-10-15-25-29-27(30-34-25)24-14-6-7-17-28-24)32-20-9-2-1-8-18-31(19-11-21-32)22-23-12-4-3-5-13-23/h3-7,12-14,17H,1-2,8-11,15-16,18-22H2. The van der Waals surface area contributed by atoms with Crippen LogP contribution in [0.1, 0.15) is 56.4 Å². The van der Waals surface area contributed by atoms with Crippen molar-refractivity contribution in [1.29, 1.82) is 0 Å². The molecule has 3 aromatic rings. The fourth-order valence-corrected chi connectivity index (χ4v) is 4.45. The van der Waals surface area contributed by atoms with Crippen LogP contribution in [0.25, 0.3) is 11.5 Å². The van der Waals surface area contributed by atoms with Gasteiger partial charge in [-0.1, -0.05) is 54.4 Å². The average molecular weight is 462 g/mol. The quantitative estimate of drug-likeness (QED) is 0.505. The fourth-order valence-electron chi connectivity index (χ4n) is 4.45. The number of hydrogen-bond donors (Lipinski definition) is 0. The predicted octanol–water partition coefficient (Wildman–Crippen LogP) is 4.75. The van der Waals surface area contributed by atoms with Crippen LogP contribution in [-0.2, 0) is 17.8 Å². The van der Waals surface area contributed by atoms with Gasteiger partial charge in [0, 0.05) is 45.2 Å². The van der Waals surface area contributed by atoms with Crippen LogP contribution in [0.2, 0.25) is 0 Å². The number of benzene rings is 1. The zero-order chi connectivity index (χ0) is 23.4. The smallest absolute Gasteiger partial charge is 0.227 e. The third kappa shape index (κ3) is 7.48. The van der Waals surface area contributed by atoms with Gasteiger partial charge in [-0.2, -0.15) is 4.98 Å². The van der Waals surface area contributed by atoms with E-state index in [4.69, 9.17) is 4.52 Å². The Morgan fingerprint density at radius 2 is 1.65 bits per heavy atom. The Hall–Kier alpha value is -3.06. The lowest BCUT2D eigenvalue weighted by Gasteiger charge is -2.25. The van der Waals surface area contributed by atoms with E-state index in [-0.39, 0.29) is 5.91 Å².